The van der Waals surface area contributed by atoms with Crippen LogP contribution in [-0.2, 0) is 6.61 Å². The van der Waals surface area contributed by atoms with Gasteiger partial charge in [0.25, 0.3) is 0 Å². The number of ether oxygens (including phenoxy) is 1. The zero-order valence-corrected chi connectivity index (χ0v) is 9.60. The maximum atomic E-state index is 5.76. The van der Waals surface area contributed by atoms with Crippen LogP contribution in [0.4, 0.5) is 0 Å². The molecular formula is C14H15NO. The molecule has 0 aliphatic rings. The van der Waals surface area contributed by atoms with E-state index < -0.39 is 0 Å². The van der Waals surface area contributed by atoms with Gasteiger partial charge < -0.3 is 4.74 Å². The number of hydrogen-bond acceptors (Lipinski definition) is 2. The molecule has 1 aromatic carbocycles. The quantitative estimate of drug-likeness (QED) is 0.780. The molecule has 0 aliphatic heterocycles. The van der Waals surface area contributed by atoms with E-state index in [1.54, 1.807) is 6.20 Å². The Bertz CT molecular complexity index is 465. The van der Waals surface area contributed by atoms with E-state index in [4.69, 9.17) is 4.74 Å². The summed E-state index contributed by atoms with van der Waals surface area (Å²) in [7, 11) is 0. The molecule has 0 aliphatic carbocycles. The highest BCUT2D eigenvalue weighted by Gasteiger charge is 2.02. The van der Waals surface area contributed by atoms with Crippen molar-refractivity contribution < 1.29 is 4.74 Å². The van der Waals surface area contributed by atoms with Gasteiger partial charge in [0.15, 0.2) is 0 Å². The summed E-state index contributed by atoms with van der Waals surface area (Å²) < 4.78 is 5.76. The number of hydrogen-bond donors (Lipinski definition) is 0. The van der Waals surface area contributed by atoms with Crippen LogP contribution in [0.5, 0.6) is 5.75 Å². The summed E-state index contributed by atoms with van der Waals surface area (Å²) in [5.74, 6) is 0.913. The van der Waals surface area contributed by atoms with E-state index in [0.717, 1.165) is 17.0 Å². The molecule has 16 heavy (non-hydrogen) atoms. The Labute approximate surface area is 95.9 Å². The molecule has 1 heterocycles. The van der Waals surface area contributed by atoms with Gasteiger partial charge in [-0.15, -0.1) is 0 Å². The Morgan fingerprint density at radius 2 is 1.81 bits per heavy atom. The molecule has 0 radical (unpaired) electrons. The maximum absolute atomic E-state index is 5.76. The standard InChI is InChI=1S/C14H15NO/c1-11-12(2)15-9-8-14(11)16-10-13-6-4-3-5-7-13/h3-9H,10H2,1-2H3. The van der Waals surface area contributed by atoms with Crippen molar-refractivity contribution in [3.8, 4) is 5.75 Å². The molecule has 0 N–H and O–H groups in total. The van der Waals surface area contributed by atoms with E-state index in [1.807, 2.05) is 38.1 Å². The molecule has 82 valence electrons. The van der Waals surface area contributed by atoms with Crippen molar-refractivity contribution in [3.05, 3.63) is 59.4 Å². The average Bonchev–Trinajstić information content (AvgIpc) is 2.32. The summed E-state index contributed by atoms with van der Waals surface area (Å²) in [5.41, 5.74) is 3.31. The van der Waals surface area contributed by atoms with Crippen LogP contribution in [0, 0.1) is 13.8 Å². The Morgan fingerprint density at radius 1 is 1.06 bits per heavy atom. The third-order valence-corrected chi connectivity index (χ3v) is 2.64. The van der Waals surface area contributed by atoms with Gasteiger partial charge in [-0.25, -0.2) is 0 Å². The molecule has 2 rings (SSSR count). The van der Waals surface area contributed by atoms with E-state index >= 15 is 0 Å². The van der Waals surface area contributed by atoms with Crippen LogP contribution in [0.15, 0.2) is 42.6 Å². The second kappa shape index (κ2) is 4.79. The Kier molecular flexibility index (Phi) is 3.20. The van der Waals surface area contributed by atoms with Crippen LogP contribution in [0.25, 0.3) is 0 Å². The van der Waals surface area contributed by atoms with Crippen molar-refractivity contribution in [3.63, 3.8) is 0 Å². The first-order valence-corrected chi connectivity index (χ1v) is 5.36. The zero-order valence-electron chi connectivity index (χ0n) is 9.60. The highest BCUT2D eigenvalue weighted by Crippen LogP contribution is 2.19. The molecular weight excluding hydrogens is 198 g/mol. The van der Waals surface area contributed by atoms with E-state index in [-0.39, 0.29) is 0 Å². The third kappa shape index (κ3) is 2.40. The molecule has 0 amide bonds. The lowest BCUT2D eigenvalue weighted by Crippen LogP contribution is -1.98. The fraction of sp³-hybridized carbons (Fsp3) is 0.214. The Balaban J connectivity index is 2.08. The molecule has 2 nitrogen and oxygen atoms in total. The zero-order chi connectivity index (χ0) is 11.4. The minimum Gasteiger partial charge on any atom is -0.489 e. The normalized spacial score (nSPS) is 10.1. The van der Waals surface area contributed by atoms with Crippen molar-refractivity contribution in [2.45, 2.75) is 20.5 Å². The van der Waals surface area contributed by atoms with Crippen molar-refractivity contribution in [1.29, 1.82) is 0 Å². The van der Waals surface area contributed by atoms with E-state index in [2.05, 4.69) is 17.1 Å². The Morgan fingerprint density at radius 3 is 2.56 bits per heavy atom. The fourth-order valence-electron chi connectivity index (χ4n) is 1.51. The highest BCUT2D eigenvalue weighted by molar-refractivity contribution is 5.34. The molecule has 1 aromatic heterocycles. The molecule has 0 saturated carbocycles. The molecule has 0 saturated heterocycles. The largest absolute Gasteiger partial charge is 0.489 e. The summed E-state index contributed by atoms with van der Waals surface area (Å²) in [4.78, 5) is 4.21. The van der Waals surface area contributed by atoms with Crippen LogP contribution >= 0.6 is 0 Å². The first kappa shape index (κ1) is 10.7. The molecule has 0 bridgehead atoms. The topological polar surface area (TPSA) is 22.1 Å². The van der Waals surface area contributed by atoms with Crippen LogP contribution in [-0.4, -0.2) is 4.98 Å². The summed E-state index contributed by atoms with van der Waals surface area (Å²) in [5, 5.41) is 0. The molecule has 0 fully saturated rings. The molecule has 0 spiro atoms. The monoisotopic (exact) mass is 213 g/mol. The van der Waals surface area contributed by atoms with Crippen molar-refractivity contribution in [2.24, 2.45) is 0 Å². The minimum absolute atomic E-state index is 0.602. The van der Waals surface area contributed by atoms with E-state index in [1.165, 1.54) is 5.56 Å². The van der Waals surface area contributed by atoms with Crippen LogP contribution in [0.1, 0.15) is 16.8 Å². The van der Waals surface area contributed by atoms with Crippen LogP contribution in [0.2, 0.25) is 0 Å². The van der Waals surface area contributed by atoms with Gasteiger partial charge in [-0.2, -0.15) is 0 Å². The van der Waals surface area contributed by atoms with Gasteiger partial charge in [0.1, 0.15) is 12.4 Å². The summed E-state index contributed by atoms with van der Waals surface area (Å²) in [6.45, 7) is 4.62. The van der Waals surface area contributed by atoms with Gasteiger partial charge in [0.2, 0.25) is 0 Å². The van der Waals surface area contributed by atoms with Crippen molar-refractivity contribution in [2.75, 3.05) is 0 Å². The van der Waals surface area contributed by atoms with Crippen LogP contribution in [0.3, 0.4) is 0 Å². The predicted molar refractivity (Wildman–Crippen MR) is 64.5 cm³/mol. The van der Waals surface area contributed by atoms with Gasteiger partial charge in [0.05, 0.1) is 0 Å². The smallest absolute Gasteiger partial charge is 0.126 e. The van der Waals surface area contributed by atoms with Gasteiger partial charge >= 0.3 is 0 Å². The number of rotatable bonds is 3. The number of pyridine rings is 1. The van der Waals surface area contributed by atoms with E-state index in [9.17, 15) is 0 Å². The second-order valence-corrected chi connectivity index (χ2v) is 3.79. The van der Waals surface area contributed by atoms with Gasteiger partial charge in [-0.3, -0.25) is 4.98 Å². The number of aromatic nitrogens is 1. The minimum atomic E-state index is 0.602. The fourth-order valence-corrected chi connectivity index (χ4v) is 1.51. The average molecular weight is 213 g/mol. The van der Waals surface area contributed by atoms with E-state index in [0.29, 0.717) is 6.61 Å². The lowest BCUT2D eigenvalue weighted by molar-refractivity contribution is 0.303. The lowest BCUT2D eigenvalue weighted by Gasteiger charge is -2.10. The van der Waals surface area contributed by atoms with Gasteiger partial charge in [-0.1, -0.05) is 30.3 Å². The van der Waals surface area contributed by atoms with Gasteiger partial charge in [0, 0.05) is 17.5 Å². The maximum Gasteiger partial charge on any atom is 0.126 e. The first-order chi connectivity index (χ1) is 7.77. The number of nitrogens with zero attached hydrogens (tertiary/aromatic N) is 1. The first-order valence-electron chi connectivity index (χ1n) is 5.36. The summed E-state index contributed by atoms with van der Waals surface area (Å²) in [6, 6.07) is 12.1. The van der Waals surface area contributed by atoms with Gasteiger partial charge in [-0.05, 0) is 25.5 Å². The van der Waals surface area contributed by atoms with Crippen molar-refractivity contribution >= 4 is 0 Å². The Hall–Kier alpha value is -1.83. The number of benzene rings is 1. The molecule has 0 atom stereocenters. The third-order valence-electron chi connectivity index (χ3n) is 2.64. The number of aryl methyl sites for hydroxylation is 1. The second-order valence-electron chi connectivity index (χ2n) is 3.79. The molecule has 2 heteroatoms. The van der Waals surface area contributed by atoms with Crippen molar-refractivity contribution in [1.82, 2.24) is 4.98 Å². The lowest BCUT2D eigenvalue weighted by atomic mass is 10.2. The highest BCUT2D eigenvalue weighted by atomic mass is 16.5. The van der Waals surface area contributed by atoms with Crippen LogP contribution < -0.4 is 4.74 Å². The molecule has 0 unspecified atom stereocenters. The SMILES string of the molecule is Cc1nccc(OCc2ccccc2)c1C. The summed E-state index contributed by atoms with van der Waals surface area (Å²) >= 11 is 0. The predicted octanol–water partition coefficient (Wildman–Crippen LogP) is 3.28. The summed E-state index contributed by atoms with van der Waals surface area (Å²) in [6.07, 6.45) is 1.78. The molecule has 2 aromatic rings.